The number of likely N-dealkylation sites (N-methyl/N-ethyl adjacent to an activating group) is 1. The van der Waals surface area contributed by atoms with Gasteiger partial charge in [0.2, 0.25) is 5.91 Å². The molecule has 0 bridgehead atoms. The average Bonchev–Trinajstić information content (AvgIpc) is 3.24. The molecule has 0 saturated heterocycles. The highest BCUT2D eigenvalue weighted by Gasteiger charge is 2.46. The summed E-state index contributed by atoms with van der Waals surface area (Å²) in [4.78, 5) is 40.1. The van der Waals surface area contributed by atoms with Crippen molar-refractivity contribution >= 4 is 17.7 Å². The van der Waals surface area contributed by atoms with Crippen LogP contribution < -0.4 is 20.1 Å². The highest BCUT2D eigenvalue weighted by molar-refractivity contribution is 6.01. The molecule has 2 N–H and O–H groups in total. The molecule has 1 aliphatic heterocycles. The van der Waals surface area contributed by atoms with E-state index in [-0.39, 0.29) is 36.3 Å². The number of amides is 3. The van der Waals surface area contributed by atoms with Crippen LogP contribution in [-0.2, 0) is 17.9 Å². The Labute approximate surface area is 199 Å². The summed E-state index contributed by atoms with van der Waals surface area (Å²) in [7, 11) is 4.70. The number of ether oxygens (including phenoxy) is 2. The van der Waals surface area contributed by atoms with Gasteiger partial charge in [-0.15, -0.1) is 0 Å². The number of fused-ring (bicyclic) bond motifs is 1. The molecule has 184 valence electrons. The second-order valence-electron chi connectivity index (χ2n) is 9.01. The number of benzene rings is 1. The molecule has 1 unspecified atom stereocenters. The zero-order valence-corrected chi connectivity index (χ0v) is 20.6. The zero-order chi connectivity index (χ0) is 25.0. The van der Waals surface area contributed by atoms with Gasteiger partial charge in [-0.1, -0.05) is 13.8 Å². The van der Waals surface area contributed by atoms with E-state index < -0.39 is 11.4 Å². The smallest absolute Gasteiger partial charge is 0.272 e. The highest BCUT2D eigenvalue weighted by Crippen LogP contribution is 2.27. The molecule has 2 aromatic rings. The lowest BCUT2D eigenvalue weighted by atomic mass is 9.95. The maximum Gasteiger partial charge on any atom is 0.272 e. The monoisotopic (exact) mass is 471 g/mol. The van der Waals surface area contributed by atoms with E-state index in [1.807, 2.05) is 0 Å². The van der Waals surface area contributed by atoms with Gasteiger partial charge in [0.1, 0.15) is 22.7 Å². The first-order valence-electron chi connectivity index (χ1n) is 11.2. The summed E-state index contributed by atoms with van der Waals surface area (Å²) in [6, 6.07) is 6.77. The van der Waals surface area contributed by atoms with Gasteiger partial charge in [-0.2, -0.15) is 5.10 Å². The molecular weight excluding hydrogens is 438 g/mol. The molecule has 34 heavy (non-hydrogen) atoms. The van der Waals surface area contributed by atoms with Crippen molar-refractivity contribution < 1.29 is 23.9 Å². The number of nitrogens with one attached hydrogen (secondary N) is 2. The molecule has 10 nitrogen and oxygen atoms in total. The number of hydrogen-bond donors (Lipinski definition) is 2. The van der Waals surface area contributed by atoms with Crippen LogP contribution in [0.1, 0.15) is 53.7 Å². The van der Waals surface area contributed by atoms with E-state index in [0.29, 0.717) is 24.0 Å². The first-order chi connectivity index (χ1) is 16.1. The lowest BCUT2D eigenvalue weighted by Crippen LogP contribution is -2.62. The largest absolute Gasteiger partial charge is 0.497 e. The van der Waals surface area contributed by atoms with Gasteiger partial charge in [0.15, 0.2) is 5.69 Å². The molecule has 10 heteroatoms. The number of nitrogens with zero attached hydrogens (tertiary/aromatic N) is 3. The van der Waals surface area contributed by atoms with Crippen LogP contribution in [0.3, 0.4) is 0 Å². The summed E-state index contributed by atoms with van der Waals surface area (Å²) in [5.74, 6) is 0.639. The number of rotatable bonds is 9. The lowest BCUT2D eigenvalue weighted by molar-refractivity contribution is -0.132. The van der Waals surface area contributed by atoms with E-state index in [9.17, 15) is 14.4 Å². The summed E-state index contributed by atoms with van der Waals surface area (Å²) < 4.78 is 12.0. The molecule has 0 saturated carbocycles. The normalized spacial score (nSPS) is 17.4. The third-order valence-corrected chi connectivity index (χ3v) is 6.16. The first kappa shape index (κ1) is 25.1. The number of carbonyl (C=O) groups excluding carboxylic acids is 3. The summed E-state index contributed by atoms with van der Waals surface area (Å²) in [5.41, 5.74) is 0.0231. The van der Waals surface area contributed by atoms with Crippen molar-refractivity contribution in [1.82, 2.24) is 25.3 Å². The van der Waals surface area contributed by atoms with E-state index >= 15 is 0 Å². The molecule has 1 aliphatic rings. The molecule has 0 fully saturated rings. The fourth-order valence-electron chi connectivity index (χ4n) is 3.77. The van der Waals surface area contributed by atoms with Gasteiger partial charge < -0.3 is 25.0 Å². The Balaban J connectivity index is 1.73. The third-order valence-electron chi connectivity index (χ3n) is 6.16. The molecular formula is C24H33N5O5. The predicted octanol–water partition coefficient (Wildman–Crippen LogP) is 1.84. The fourth-order valence-corrected chi connectivity index (χ4v) is 3.77. The van der Waals surface area contributed by atoms with Crippen LogP contribution >= 0.6 is 0 Å². The average molecular weight is 472 g/mol. The van der Waals surface area contributed by atoms with Gasteiger partial charge in [0.05, 0.1) is 20.8 Å². The summed E-state index contributed by atoms with van der Waals surface area (Å²) in [6.07, 6.45) is 0.843. The Morgan fingerprint density at radius 3 is 2.56 bits per heavy atom. The quantitative estimate of drug-likeness (QED) is 0.577. The maximum atomic E-state index is 13.0. The van der Waals surface area contributed by atoms with Crippen molar-refractivity contribution in [1.29, 1.82) is 0 Å². The van der Waals surface area contributed by atoms with Crippen LogP contribution in [0, 0.1) is 5.92 Å². The number of aromatic nitrogens is 2. The SMILES string of the molecule is COc1ccc(CNC(=O)c2cc3n(n2)CC(C)(C(=O)NCCC(C)C)N(C)C3=O)c(OC)c1. The Hall–Kier alpha value is -3.56. The van der Waals surface area contributed by atoms with Gasteiger partial charge in [-0.05, 0) is 31.4 Å². The first-order valence-corrected chi connectivity index (χ1v) is 11.2. The van der Waals surface area contributed by atoms with E-state index in [1.165, 1.54) is 15.6 Å². The molecule has 0 radical (unpaired) electrons. The summed E-state index contributed by atoms with van der Waals surface area (Å²) in [6.45, 7) is 6.75. The lowest BCUT2D eigenvalue weighted by Gasteiger charge is -2.40. The standard InChI is InChI=1S/C24H33N5O5/c1-15(2)9-10-25-23(32)24(3)14-29-19(22(31)28(24)4)12-18(27-29)21(30)26-13-16-7-8-17(33-5)11-20(16)34-6/h7-8,11-12,15H,9-10,13-14H2,1-6H3,(H,25,32)(H,26,30). The van der Waals surface area contributed by atoms with Gasteiger partial charge in [-0.25, -0.2) is 0 Å². The Kier molecular flexibility index (Phi) is 7.48. The highest BCUT2D eigenvalue weighted by atomic mass is 16.5. The van der Waals surface area contributed by atoms with Gasteiger partial charge in [0, 0.05) is 37.8 Å². The zero-order valence-electron chi connectivity index (χ0n) is 20.6. The topological polar surface area (TPSA) is 115 Å². The van der Waals surface area contributed by atoms with Crippen molar-refractivity contribution in [2.24, 2.45) is 5.92 Å². The number of hydrogen-bond acceptors (Lipinski definition) is 6. The molecule has 1 aromatic carbocycles. The van der Waals surface area contributed by atoms with E-state index in [0.717, 1.165) is 12.0 Å². The second-order valence-corrected chi connectivity index (χ2v) is 9.01. The number of carbonyl (C=O) groups is 3. The predicted molar refractivity (Wildman–Crippen MR) is 126 cm³/mol. The van der Waals surface area contributed by atoms with E-state index in [4.69, 9.17) is 9.47 Å². The van der Waals surface area contributed by atoms with Crippen molar-refractivity contribution in [2.45, 2.75) is 45.8 Å². The molecule has 1 aromatic heterocycles. The van der Waals surface area contributed by atoms with E-state index in [1.54, 1.807) is 46.4 Å². The number of methoxy groups -OCH3 is 2. The van der Waals surface area contributed by atoms with Crippen molar-refractivity contribution in [3.05, 3.63) is 41.2 Å². The van der Waals surface area contributed by atoms with Gasteiger partial charge in [-0.3, -0.25) is 19.1 Å². The van der Waals surface area contributed by atoms with Crippen molar-refractivity contribution in [3.63, 3.8) is 0 Å². The molecule has 0 aliphatic carbocycles. The second kappa shape index (κ2) is 10.1. The Bertz CT molecular complexity index is 1080. The molecule has 1 atom stereocenters. The maximum absolute atomic E-state index is 13.0. The van der Waals surface area contributed by atoms with Gasteiger partial charge >= 0.3 is 0 Å². The fraction of sp³-hybridized carbons (Fsp3) is 0.500. The minimum Gasteiger partial charge on any atom is -0.497 e. The van der Waals surface area contributed by atoms with Crippen LogP contribution in [0.5, 0.6) is 11.5 Å². The van der Waals surface area contributed by atoms with Gasteiger partial charge in [0.25, 0.3) is 11.8 Å². The molecule has 3 rings (SSSR count). The third kappa shape index (κ3) is 5.00. The minimum absolute atomic E-state index is 0.105. The Morgan fingerprint density at radius 1 is 1.18 bits per heavy atom. The van der Waals surface area contributed by atoms with Crippen LogP contribution in [0.4, 0.5) is 0 Å². The van der Waals surface area contributed by atoms with Crippen LogP contribution in [-0.4, -0.2) is 65.8 Å². The van der Waals surface area contributed by atoms with Crippen LogP contribution in [0.25, 0.3) is 0 Å². The molecule has 2 heterocycles. The Morgan fingerprint density at radius 2 is 1.91 bits per heavy atom. The van der Waals surface area contributed by atoms with Crippen LogP contribution in [0.15, 0.2) is 24.3 Å². The molecule has 0 spiro atoms. The summed E-state index contributed by atoms with van der Waals surface area (Å²) in [5, 5.41) is 10.1. The van der Waals surface area contributed by atoms with Crippen molar-refractivity contribution in [3.8, 4) is 11.5 Å². The minimum atomic E-state index is -1.11. The summed E-state index contributed by atoms with van der Waals surface area (Å²) >= 11 is 0. The van der Waals surface area contributed by atoms with Crippen molar-refractivity contribution in [2.75, 3.05) is 27.8 Å². The van der Waals surface area contributed by atoms with E-state index in [2.05, 4.69) is 29.6 Å². The molecule has 3 amide bonds. The van der Waals surface area contributed by atoms with Crippen LogP contribution in [0.2, 0.25) is 0 Å².